The number of benzene rings is 2. The zero-order valence-electron chi connectivity index (χ0n) is 13.3. The van der Waals surface area contributed by atoms with E-state index in [1.807, 2.05) is 53.4 Å². The largest absolute Gasteiger partial charge is 0.454 e. The smallest absolute Gasteiger partial charge is 0.321 e. The number of amides is 2. The first-order valence-electron chi connectivity index (χ1n) is 8.05. The fraction of sp³-hybridized carbons (Fsp3) is 0.278. The number of anilines is 2. The second kappa shape index (κ2) is 6.31. The Kier molecular flexibility index (Phi) is 3.86. The maximum absolute atomic E-state index is 12.3. The van der Waals surface area contributed by atoms with Crippen molar-refractivity contribution in [2.24, 2.45) is 0 Å². The molecule has 0 unspecified atom stereocenters. The van der Waals surface area contributed by atoms with E-state index in [-0.39, 0.29) is 12.8 Å². The van der Waals surface area contributed by atoms with Gasteiger partial charge in [0, 0.05) is 43.6 Å². The third-order valence-corrected chi connectivity index (χ3v) is 4.31. The lowest BCUT2D eigenvalue weighted by molar-refractivity contribution is 0.174. The van der Waals surface area contributed by atoms with Gasteiger partial charge in [0.05, 0.1) is 0 Å². The number of hydrogen-bond acceptors (Lipinski definition) is 4. The number of urea groups is 1. The van der Waals surface area contributed by atoms with E-state index in [0.29, 0.717) is 13.1 Å². The molecule has 24 heavy (non-hydrogen) atoms. The summed E-state index contributed by atoms with van der Waals surface area (Å²) in [7, 11) is 0. The van der Waals surface area contributed by atoms with Crippen molar-refractivity contribution >= 4 is 17.4 Å². The zero-order valence-corrected chi connectivity index (χ0v) is 13.3. The molecule has 1 saturated heterocycles. The van der Waals surface area contributed by atoms with Gasteiger partial charge in [-0.1, -0.05) is 18.2 Å². The van der Waals surface area contributed by atoms with Crippen LogP contribution in [0.15, 0.2) is 48.5 Å². The standard InChI is InChI=1S/C18H19N3O3/c22-18(19-14-4-2-1-3-5-14)21-10-8-20(9-11-21)15-6-7-16-17(12-15)24-13-23-16/h1-7,12H,8-11,13H2,(H,19,22). The third-order valence-electron chi connectivity index (χ3n) is 4.31. The summed E-state index contributed by atoms with van der Waals surface area (Å²) < 4.78 is 10.8. The van der Waals surface area contributed by atoms with Gasteiger partial charge < -0.3 is 24.6 Å². The molecule has 124 valence electrons. The highest BCUT2D eigenvalue weighted by Gasteiger charge is 2.23. The van der Waals surface area contributed by atoms with Crippen molar-refractivity contribution in [2.45, 2.75) is 0 Å². The molecule has 0 aromatic heterocycles. The van der Waals surface area contributed by atoms with Gasteiger partial charge in [0.1, 0.15) is 0 Å². The van der Waals surface area contributed by atoms with Gasteiger partial charge in [-0.15, -0.1) is 0 Å². The Bertz CT molecular complexity index is 728. The minimum atomic E-state index is -0.0495. The maximum atomic E-state index is 12.3. The first-order chi connectivity index (χ1) is 11.8. The lowest BCUT2D eigenvalue weighted by Gasteiger charge is -2.36. The molecule has 2 aromatic rings. The maximum Gasteiger partial charge on any atom is 0.321 e. The van der Waals surface area contributed by atoms with Gasteiger partial charge in [0.25, 0.3) is 0 Å². The number of fused-ring (bicyclic) bond motifs is 1. The normalized spacial score (nSPS) is 16.2. The number of carbonyl (C=O) groups excluding carboxylic acids is 1. The lowest BCUT2D eigenvalue weighted by Crippen LogP contribution is -2.50. The van der Waals surface area contributed by atoms with Crippen LogP contribution in [0, 0.1) is 0 Å². The molecule has 4 rings (SSSR count). The SMILES string of the molecule is O=C(Nc1ccccc1)N1CCN(c2ccc3c(c2)OCO3)CC1. The molecule has 2 amide bonds. The molecule has 0 atom stereocenters. The van der Waals surface area contributed by atoms with Crippen LogP contribution in [-0.4, -0.2) is 43.9 Å². The molecular weight excluding hydrogens is 306 g/mol. The number of rotatable bonds is 2. The second-order valence-corrected chi connectivity index (χ2v) is 5.81. The summed E-state index contributed by atoms with van der Waals surface area (Å²) in [6, 6.07) is 15.5. The van der Waals surface area contributed by atoms with Gasteiger partial charge in [-0.3, -0.25) is 0 Å². The highest BCUT2D eigenvalue weighted by atomic mass is 16.7. The molecule has 1 N–H and O–H groups in total. The van der Waals surface area contributed by atoms with Gasteiger partial charge in [-0.2, -0.15) is 0 Å². The molecule has 6 heteroatoms. The number of nitrogens with one attached hydrogen (secondary N) is 1. The highest BCUT2D eigenvalue weighted by Crippen LogP contribution is 2.35. The zero-order chi connectivity index (χ0) is 16.4. The summed E-state index contributed by atoms with van der Waals surface area (Å²) >= 11 is 0. The van der Waals surface area contributed by atoms with Crippen LogP contribution in [-0.2, 0) is 0 Å². The van der Waals surface area contributed by atoms with E-state index in [1.54, 1.807) is 0 Å². The lowest BCUT2D eigenvalue weighted by atomic mass is 10.2. The Morgan fingerprint density at radius 1 is 0.917 bits per heavy atom. The van der Waals surface area contributed by atoms with Crippen molar-refractivity contribution in [2.75, 3.05) is 43.2 Å². The molecule has 0 saturated carbocycles. The number of ether oxygens (including phenoxy) is 2. The fourth-order valence-electron chi connectivity index (χ4n) is 2.97. The van der Waals surface area contributed by atoms with E-state index in [4.69, 9.17) is 9.47 Å². The topological polar surface area (TPSA) is 54.0 Å². The van der Waals surface area contributed by atoms with E-state index in [1.165, 1.54) is 0 Å². The van der Waals surface area contributed by atoms with Gasteiger partial charge in [-0.25, -0.2) is 4.79 Å². The predicted octanol–water partition coefficient (Wildman–Crippen LogP) is 2.77. The Morgan fingerprint density at radius 2 is 1.67 bits per heavy atom. The molecule has 6 nitrogen and oxygen atoms in total. The van der Waals surface area contributed by atoms with Crippen LogP contribution in [0.2, 0.25) is 0 Å². The van der Waals surface area contributed by atoms with E-state index in [9.17, 15) is 4.79 Å². The number of nitrogens with zero attached hydrogens (tertiary/aromatic N) is 2. The summed E-state index contributed by atoms with van der Waals surface area (Å²) in [5.41, 5.74) is 1.92. The number of hydrogen-bond donors (Lipinski definition) is 1. The Morgan fingerprint density at radius 3 is 2.46 bits per heavy atom. The summed E-state index contributed by atoms with van der Waals surface area (Å²) in [4.78, 5) is 16.4. The van der Waals surface area contributed by atoms with Crippen molar-refractivity contribution in [3.8, 4) is 11.5 Å². The minimum Gasteiger partial charge on any atom is -0.454 e. The van der Waals surface area contributed by atoms with E-state index < -0.39 is 0 Å². The Balaban J connectivity index is 1.35. The third kappa shape index (κ3) is 2.95. The Hall–Kier alpha value is -2.89. The number of para-hydroxylation sites is 1. The molecule has 0 spiro atoms. The first kappa shape index (κ1) is 14.7. The number of carbonyl (C=O) groups is 1. The van der Waals surface area contributed by atoms with Gasteiger partial charge in [-0.05, 0) is 24.3 Å². The molecular formula is C18H19N3O3. The molecule has 2 aliphatic heterocycles. The second-order valence-electron chi connectivity index (χ2n) is 5.81. The molecule has 1 fully saturated rings. The summed E-state index contributed by atoms with van der Waals surface area (Å²) in [5.74, 6) is 1.58. The van der Waals surface area contributed by atoms with Crippen molar-refractivity contribution in [1.82, 2.24) is 4.90 Å². The molecule has 0 radical (unpaired) electrons. The van der Waals surface area contributed by atoms with Crippen molar-refractivity contribution in [1.29, 1.82) is 0 Å². The summed E-state index contributed by atoms with van der Waals surface area (Å²) in [5, 5.41) is 2.93. The van der Waals surface area contributed by atoms with Crippen molar-refractivity contribution < 1.29 is 14.3 Å². The summed E-state index contributed by atoms with van der Waals surface area (Å²) in [6.07, 6.45) is 0. The monoisotopic (exact) mass is 325 g/mol. The van der Waals surface area contributed by atoms with Gasteiger partial charge >= 0.3 is 6.03 Å². The average molecular weight is 325 g/mol. The van der Waals surface area contributed by atoms with Crippen LogP contribution in [0.25, 0.3) is 0 Å². The van der Waals surface area contributed by atoms with Crippen LogP contribution in [0.3, 0.4) is 0 Å². The van der Waals surface area contributed by atoms with Crippen molar-refractivity contribution in [3.63, 3.8) is 0 Å². The van der Waals surface area contributed by atoms with Gasteiger partial charge in [0.2, 0.25) is 6.79 Å². The molecule has 2 heterocycles. The minimum absolute atomic E-state index is 0.0495. The van der Waals surface area contributed by atoms with Gasteiger partial charge in [0.15, 0.2) is 11.5 Å². The van der Waals surface area contributed by atoms with Crippen LogP contribution in [0.5, 0.6) is 11.5 Å². The average Bonchev–Trinajstić information content (AvgIpc) is 3.10. The molecule has 2 aliphatic rings. The summed E-state index contributed by atoms with van der Waals surface area (Å²) in [6.45, 7) is 3.25. The fourth-order valence-corrected chi connectivity index (χ4v) is 2.97. The van der Waals surface area contributed by atoms with E-state index >= 15 is 0 Å². The van der Waals surface area contributed by atoms with E-state index in [0.717, 1.165) is 36.0 Å². The first-order valence-corrected chi connectivity index (χ1v) is 8.05. The van der Waals surface area contributed by atoms with E-state index in [2.05, 4.69) is 10.2 Å². The quantitative estimate of drug-likeness (QED) is 0.922. The van der Waals surface area contributed by atoms with Crippen LogP contribution in [0.1, 0.15) is 0 Å². The van der Waals surface area contributed by atoms with Crippen molar-refractivity contribution in [3.05, 3.63) is 48.5 Å². The molecule has 0 bridgehead atoms. The molecule has 0 aliphatic carbocycles. The van der Waals surface area contributed by atoms with Crippen LogP contribution < -0.4 is 19.7 Å². The van der Waals surface area contributed by atoms with Crippen LogP contribution >= 0.6 is 0 Å². The molecule has 2 aromatic carbocycles. The van der Waals surface area contributed by atoms with Crippen LogP contribution in [0.4, 0.5) is 16.2 Å². The Labute approximate surface area is 140 Å². The highest BCUT2D eigenvalue weighted by molar-refractivity contribution is 5.89. The number of piperazine rings is 1. The predicted molar refractivity (Wildman–Crippen MR) is 91.8 cm³/mol.